The zero-order valence-electron chi connectivity index (χ0n) is 20.2. The first-order chi connectivity index (χ1) is 17.5. The van der Waals surface area contributed by atoms with E-state index >= 15 is 4.39 Å². The fourth-order valence-corrected chi connectivity index (χ4v) is 5.61. The zero-order valence-corrected chi connectivity index (χ0v) is 20.2. The van der Waals surface area contributed by atoms with E-state index in [9.17, 15) is 9.50 Å². The third kappa shape index (κ3) is 3.68. The molecule has 1 saturated heterocycles. The van der Waals surface area contributed by atoms with Crippen LogP contribution in [0.4, 0.5) is 14.5 Å². The van der Waals surface area contributed by atoms with E-state index in [-0.39, 0.29) is 28.6 Å². The van der Waals surface area contributed by atoms with Gasteiger partial charge in [-0.25, -0.2) is 8.78 Å². The first kappa shape index (κ1) is 22.8. The van der Waals surface area contributed by atoms with E-state index in [0.29, 0.717) is 22.3 Å². The first-order valence-electron chi connectivity index (χ1n) is 12.5. The molecule has 1 saturated carbocycles. The number of nitrogens with one attached hydrogen (secondary N) is 1. The molecule has 2 N–H and O–H groups in total. The molecule has 0 bridgehead atoms. The normalized spacial score (nSPS) is 18.5. The van der Waals surface area contributed by atoms with Gasteiger partial charge in [0.25, 0.3) is 0 Å². The minimum Gasteiger partial charge on any atom is -0.508 e. The molecule has 1 unspecified atom stereocenters. The Balaban J connectivity index is 1.58. The summed E-state index contributed by atoms with van der Waals surface area (Å²) in [7, 11) is 1.99. The maximum absolute atomic E-state index is 16.5. The van der Waals surface area contributed by atoms with E-state index in [1.807, 2.05) is 11.6 Å². The summed E-state index contributed by atoms with van der Waals surface area (Å²) >= 11 is 0. The summed E-state index contributed by atoms with van der Waals surface area (Å²) in [5.41, 5.74) is 1.86. The Kier molecular flexibility index (Phi) is 5.57. The number of aromatic nitrogens is 2. The van der Waals surface area contributed by atoms with Crippen LogP contribution in [0.15, 0.2) is 36.7 Å². The lowest BCUT2D eigenvalue weighted by Gasteiger charge is -2.25. The monoisotopic (exact) mass is 486 g/mol. The molecule has 2 aromatic heterocycles. The second-order valence-corrected chi connectivity index (χ2v) is 9.92. The number of pyridine rings is 1. The Labute approximate surface area is 208 Å². The van der Waals surface area contributed by atoms with Crippen LogP contribution in [0.5, 0.6) is 5.75 Å². The summed E-state index contributed by atoms with van der Waals surface area (Å²) in [6.07, 6.45) is 14.8. The third-order valence-electron chi connectivity index (χ3n) is 7.60. The molecular weight excluding hydrogens is 458 g/mol. The lowest BCUT2D eigenvalue weighted by molar-refractivity contribution is 0.476. The number of fused-ring (bicyclic) bond motifs is 2. The SMILES string of the molecule is C#Cc1c(F)ccc2cc(O)cc(-c3ncc4c(N5CCCCC(NC)C5)cn(C5CC5)c4c3F)c12. The highest BCUT2D eigenvalue weighted by molar-refractivity contribution is 6.03. The number of likely N-dealkylation sites (N-methyl/N-ethyl adjacent to an activating group) is 1. The van der Waals surface area contributed by atoms with Crippen LogP contribution in [0.1, 0.15) is 43.7 Å². The maximum Gasteiger partial charge on any atom is 0.173 e. The van der Waals surface area contributed by atoms with Gasteiger partial charge < -0.3 is 19.9 Å². The van der Waals surface area contributed by atoms with Gasteiger partial charge in [0.2, 0.25) is 0 Å². The average Bonchev–Trinajstić information content (AvgIpc) is 3.68. The summed E-state index contributed by atoms with van der Waals surface area (Å²) in [5.74, 6) is 1.29. The molecule has 6 rings (SSSR count). The lowest BCUT2D eigenvalue weighted by Crippen LogP contribution is -2.37. The number of nitrogens with zero attached hydrogens (tertiary/aromatic N) is 3. The van der Waals surface area contributed by atoms with Crippen molar-refractivity contribution in [1.29, 1.82) is 0 Å². The summed E-state index contributed by atoms with van der Waals surface area (Å²) in [6.45, 7) is 1.76. The predicted molar refractivity (Wildman–Crippen MR) is 139 cm³/mol. The van der Waals surface area contributed by atoms with E-state index < -0.39 is 11.6 Å². The van der Waals surface area contributed by atoms with Gasteiger partial charge in [0.1, 0.15) is 17.3 Å². The van der Waals surface area contributed by atoms with E-state index in [1.54, 1.807) is 6.20 Å². The molecule has 2 fully saturated rings. The second-order valence-electron chi connectivity index (χ2n) is 9.92. The molecule has 1 aliphatic carbocycles. The summed E-state index contributed by atoms with van der Waals surface area (Å²) in [6, 6.07) is 6.33. The molecule has 7 heteroatoms. The number of phenols is 1. The number of terminal acetylenes is 1. The van der Waals surface area contributed by atoms with Crippen molar-refractivity contribution >= 4 is 27.4 Å². The van der Waals surface area contributed by atoms with Crippen molar-refractivity contribution in [2.45, 2.75) is 44.2 Å². The van der Waals surface area contributed by atoms with Gasteiger partial charge in [-0.1, -0.05) is 18.4 Å². The van der Waals surface area contributed by atoms with Gasteiger partial charge in [0.15, 0.2) is 5.82 Å². The largest absolute Gasteiger partial charge is 0.508 e. The van der Waals surface area contributed by atoms with Gasteiger partial charge in [-0.3, -0.25) is 4.98 Å². The summed E-state index contributed by atoms with van der Waals surface area (Å²) < 4.78 is 33.1. The number of benzene rings is 2. The van der Waals surface area contributed by atoms with Crippen molar-refractivity contribution in [3.05, 3.63) is 53.9 Å². The molecule has 2 aromatic carbocycles. The first-order valence-corrected chi connectivity index (χ1v) is 12.5. The highest BCUT2D eigenvalue weighted by atomic mass is 19.1. The smallest absolute Gasteiger partial charge is 0.173 e. The molecule has 0 radical (unpaired) electrons. The Morgan fingerprint density at radius 1 is 1.17 bits per heavy atom. The molecule has 3 heterocycles. The molecule has 0 spiro atoms. The van der Waals surface area contributed by atoms with Crippen molar-refractivity contribution < 1.29 is 13.9 Å². The quantitative estimate of drug-likeness (QED) is 0.362. The van der Waals surface area contributed by atoms with Crippen LogP contribution in [0, 0.1) is 24.0 Å². The second kappa shape index (κ2) is 8.79. The van der Waals surface area contributed by atoms with Crippen molar-refractivity contribution in [2.75, 3.05) is 25.0 Å². The number of aromatic hydroxyl groups is 1. The molecule has 2 aliphatic rings. The molecule has 36 heavy (non-hydrogen) atoms. The fourth-order valence-electron chi connectivity index (χ4n) is 5.61. The Hall–Kier alpha value is -3.63. The van der Waals surface area contributed by atoms with Crippen LogP contribution < -0.4 is 10.2 Å². The Bertz CT molecular complexity index is 1530. The van der Waals surface area contributed by atoms with Gasteiger partial charge in [-0.2, -0.15) is 0 Å². The zero-order chi connectivity index (χ0) is 25.0. The molecule has 1 atom stereocenters. The summed E-state index contributed by atoms with van der Waals surface area (Å²) in [4.78, 5) is 6.89. The van der Waals surface area contributed by atoms with Crippen molar-refractivity contribution in [3.8, 4) is 29.4 Å². The molecule has 0 amide bonds. The van der Waals surface area contributed by atoms with E-state index in [4.69, 9.17) is 6.42 Å². The molecule has 5 nitrogen and oxygen atoms in total. The van der Waals surface area contributed by atoms with E-state index in [2.05, 4.69) is 27.3 Å². The minimum atomic E-state index is -0.567. The van der Waals surface area contributed by atoms with Gasteiger partial charge in [0, 0.05) is 53.9 Å². The van der Waals surface area contributed by atoms with Crippen molar-refractivity contribution in [2.24, 2.45) is 0 Å². The number of rotatable bonds is 4. The predicted octanol–water partition coefficient (Wildman–Crippen LogP) is 5.73. The molecule has 4 aromatic rings. The number of phenolic OH excluding ortho intramolecular Hbond substituents is 1. The van der Waals surface area contributed by atoms with Crippen LogP contribution in [0.3, 0.4) is 0 Å². The van der Waals surface area contributed by atoms with Crippen LogP contribution in [-0.2, 0) is 0 Å². The number of halogens is 2. The molecule has 1 aliphatic heterocycles. The Morgan fingerprint density at radius 2 is 2.00 bits per heavy atom. The number of hydrogen-bond acceptors (Lipinski definition) is 4. The topological polar surface area (TPSA) is 53.3 Å². The van der Waals surface area contributed by atoms with Crippen molar-refractivity contribution in [3.63, 3.8) is 0 Å². The standard InChI is InChI=1S/C29H28F2N4O/c1-3-21-24(30)10-7-17-12-20(36)13-22(26(17)21)28-27(31)29-23(14-33-28)25(16-35(29)19-8-9-19)34-11-5-4-6-18(15-34)32-2/h1,7,10,12-14,16,18-19,32,36H,4-6,8-9,11,15H2,2H3. The van der Waals surface area contributed by atoms with Crippen LogP contribution in [-0.4, -0.2) is 40.8 Å². The third-order valence-corrected chi connectivity index (χ3v) is 7.60. The van der Waals surface area contributed by atoms with E-state index in [0.717, 1.165) is 56.3 Å². The minimum absolute atomic E-state index is 0.0322. The van der Waals surface area contributed by atoms with Crippen LogP contribution in [0.25, 0.3) is 32.9 Å². The fraction of sp³-hybridized carbons (Fsp3) is 0.345. The number of anilines is 1. The van der Waals surface area contributed by atoms with Crippen molar-refractivity contribution in [1.82, 2.24) is 14.9 Å². The maximum atomic E-state index is 16.5. The summed E-state index contributed by atoms with van der Waals surface area (Å²) in [5, 5.41) is 15.5. The van der Waals surface area contributed by atoms with Gasteiger partial charge in [0.05, 0.1) is 16.8 Å². The van der Waals surface area contributed by atoms with Gasteiger partial charge in [-0.05, 0) is 56.3 Å². The lowest BCUT2D eigenvalue weighted by atomic mass is 9.96. The van der Waals surface area contributed by atoms with Crippen LogP contribution >= 0.6 is 0 Å². The Morgan fingerprint density at radius 3 is 2.75 bits per heavy atom. The average molecular weight is 487 g/mol. The molecular formula is C29H28F2N4O. The van der Waals surface area contributed by atoms with Gasteiger partial charge >= 0.3 is 0 Å². The number of hydrogen-bond donors (Lipinski definition) is 2. The highest BCUT2D eigenvalue weighted by Gasteiger charge is 2.31. The molecule has 184 valence electrons. The highest BCUT2D eigenvalue weighted by Crippen LogP contribution is 2.44. The van der Waals surface area contributed by atoms with Crippen LogP contribution in [0.2, 0.25) is 0 Å². The van der Waals surface area contributed by atoms with Gasteiger partial charge in [-0.15, -0.1) is 6.42 Å². The van der Waals surface area contributed by atoms with E-state index in [1.165, 1.54) is 24.3 Å².